The van der Waals surface area contributed by atoms with Gasteiger partial charge in [-0.05, 0) is 41.1 Å². The molecule has 1 aliphatic heterocycles. The summed E-state index contributed by atoms with van der Waals surface area (Å²) in [5.41, 5.74) is 0.722. The van der Waals surface area contributed by atoms with Gasteiger partial charge in [0.25, 0.3) is 0 Å². The van der Waals surface area contributed by atoms with E-state index in [2.05, 4.69) is 15.9 Å². The zero-order valence-corrected chi connectivity index (χ0v) is 12.2. The lowest BCUT2D eigenvalue weighted by atomic mass is 10.3. The highest BCUT2D eigenvalue weighted by atomic mass is 79.9. The molecule has 2 nitrogen and oxygen atoms in total. The zero-order chi connectivity index (χ0) is 11.9. The maximum Gasteiger partial charge on any atom is 0.245 e. The van der Waals surface area contributed by atoms with Crippen molar-refractivity contribution in [3.05, 3.63) is 27.7 Å². The number of hydrogen-bond donors (Lipinski definition) is 0. The Morgan fingerprint density at radius 1 is 1.56 bits per heavy atom. The number of amides is 1. The average molecular weight is 337 g/mol. The van der Waals surface area contributed by atoms with Crippen molar-refractivity contribution in [3.63, 3.8) is 0 Å². The molecule has 1 aromatic carbocycles. The Hall–Kier alpha value is -0.100. The summed E-state index contributed by atoms with van der Waals surface area (Å²) in [5, 5.41) is 0.451. The summed E-state index contributed by atoms with van der Waals surface area (Å²) in [5.74, 6) is 0.00777. The molecule has 1 amide bonds. The number of thiocarbonyl (C=S) groups is 1. The van der Waals surface area contributed by atoms with Gasteiger partial charge in [-0.15, -0.1) is 0 Å². The Morgan fingerprint density at radius 2 is 2.25 bits per heavy atom. The molecule has 16 heavy (non-hydrogen) atoms. The molecule has 1 heterocycles. The molecule has 1 atom stereocenters. The summed E-state index contributed by atoms with van der Waals surface area (Å²) in [6.07, 6.45) is 0. The Bertz CT molecular complexity index is 480. The lowest BCUT2D eigenvalue weighted by molar-refractivity contribution is -0.116. The van der Waals surface area contributed by atoms with Crippen LogP contribution in [0.2, 0.25) is 5.02 Å². The molecule has 1 saturated heterocycles. The number of carbonyl (C=O) groups excluding carboxylic acids is 1. The summed E-state index contributed by atoms with van der Waals surface area (Å²) in [7, 11) is 0. The van der Waals surface area contributed by atoms with Crippen molar-refractivity contribution in [1.82, 2.24) is 0 Å². The van der Waals surface area contributed by atoms with Crippen molar-refractivity contribution < 1.29 is 4.79 Å². The first-order chi connectivity index (χ1) is 7.50. The van der Waals surface area contributed by atoms with E-state index < -0.39 is 0 Å². The smallest absolute Gasteiger partial charge is 0.245 e. The predicted octanol–water partition coefficient (Wildman–Crippen LogP) is 3.86. The van der Waals surface area contributed by atoms with E-state index in [0.717, 1.165) is 10.2 Å². The fourth-order valence-electron chi connectivity index (χ4n) is 1.38. The molecular formula is C10H7BrClNOS2. The minimum atomic E-state index is -0.116. The van der Waals surface area contributed by atoms with Crippen molar-refractivity contribution >= 4 is 67.4 Å². The third-order valence-electron chi connectivity index (χ3n) is 2.19. The van der Waals surface area contributed by atoms with Gasteiger partial charge in [0.2, 0.25) is 5.91 Å². The standard InChI is InChI=1S/C10H7BrClNOS2/c1-5-9(14)13(10(15)16-5)6-2-3-7(11)8(12)4-6/h2-5H,1H3. The third kappa shape index (κ3) is 2.14. The summed E-state index contributed by atoms with van der Waals surface area (Å²) < 4.78 is 1.38. The molecular weight excluding hydrogens is 330 g/mol. The van der Waals surface area contributed by atoms with Crippen molar-refractivity contribution in [2.75, 3.05) is 4.90 Å². The van der Waals surface area contributed by atoms with Gasteiger partial charge in [-0.25, -0.2) is 0 Å². The topological polar surface area (TPSA) is 20.3 Å². The summed E-state index contributed by atoms with van der Waals surface area (Å²) in [4.78, 5) is 13.4. The first-order valence-corrected chi connectivity index (χ1v) is 6.96. The van der Waals surface area contributed by atoms with Crippen LogP contribution >= 0.6 is 51.5 Å². The molecule has 1 fully saturated rings. The van der Waals surface area contributed by atoms with E-state index in [0.29, 0.717) is 9.34 Å². The van der Waals surface area contributed by atoms with Crippen molar-refractivity contribution in [2.45, 2.75) is 12.2 Å². The van der Waals surface area contributed by atoms with Crippen LogP contribution in [0.1, 0.15) is 6.92 Å². The molecule has 2 rings (SSSR count). The average Bonchev–Trinajstić information content (AvgIpc) is 2.47. The van der Waals surface area contributed by atoms with E-state index in [1.54, 1.807) is 12.1 Å². The molecule has 0 radical (unpaired) electrons. The second-order valence-electron chi connectivity index (χ2n) is 3.30. The van der Waals surface area contributed by atoms with E-state index in [4.69, 9.17) is 23.8 Å². The van der Waals surface area contributed by atoms with Crippen LogP contribution in [0.25, 0.3) is 0 Å². The Kier molecular flexibility index (Phi) is 3.59. The fourth-order valence-corrected chi connectivity index (χ4v) is 3.24. The Morgan fingerprint density at radius 3 is 2.75 bits per heavy atom. The number of thioether (sulfide) groups is 1. The van der Waals surface area contributed by atoms with Gasteiger partial charge in [-0.2, -0.15) is 0 Å². The van der Waals surface area contributed by atoms with Gasteiger partial charge < -0.3 is 0 Å². The van der Waals surface area contributed by atoms with Crippen LogP contribution < -0.4 is 4.90 Å². The molecule has 1 aliphatic rings. The lowest BCUT2D eigenvalue weighted by Crippen LogP contribution is -2.30. The van der Waals surface area contributed by atoms with E-state index in [1.807, 2.05) is 13.0 Å². The zero-order valence-electron chi connectivity index (χ0n) is 8.24. The number of carbonyl (C=O) groups is 1. The van der Waals surface area contributed by atoms with Crippen LogP contribution in [-0.4, -0.2) is 15.5 Å². The molecule has 6 heteroatoms. The predicted molar refractivity (Wildman–Crippen MR) is 76.3 cm³/mol. The maximum absolute atomic E-state index is 11.9. The number of rotatable bonds is 1. The molecule has 0 aliphatic carbocycles. The Labute approximate surface area is 116 Å². The van der Waals surface area contributed by atoms with Crippen LogP contribution in [0.5, 0.6) is 0 Å². The monoisotopic (exact) mass is 335 g/mol. The first kappa shape index (κ1) is 12.4. The van der Waals surface area contributed by atoms with E-state index in [1.165, 1.54) is 16.7 Å². The molecule has 0 saturated carbocycles. The van der Waals surface area contributed by atoms with Gasteiger partial charge in [0.15, 0.2) is 0 Å². The number of halogens is 2. The number of hydrogen-bond acceptors (Lipinski definition) is 3. The van der Waals surface area contributed by atoms with Gasteiger partial charge in [0, 0.05) is 4.47 Å². The van der Waals surface area contributed by atoms with E-state index >= 15 is 0 Å². The van der Waals surface area contributed by atoms with Crippen LogP contribution in [0.4, 0.5) is 5.69 Å². The van der Waals surface area contributed by atoms with Crippen LogP contribution in [0, 0.1) is 0 Å². The molecule has 0 spiro atoms. The van der Waals surface area contributed by atoms with Crippen LogP contribution in [-0.2, 0) is 4.79 Å². The number of benzene rings is 1. The lowest BCUT2D eigenvalue weighted by Gasteiger charge is -2.15. The van der Waals surface area contributed by atoms with Gasteiger partial charge in [0.05, 0.1) is 16.0 Å². The number of nitrogens with zero attached hydrogens (tertiary/aromatic N) is 1. The van der Waals surface area contributed by atoms with Gasteiger partial charge in [0.1, 0.15) is 4.32 Å². The highest BCUT2D eigenvalue weighted by Gasteiger charge is 2.34. The van der Waals surface area contributed by atoms with Crippen molar-refractivity contribution in [1.29, 1.82) is 0 Å². The third-order valence-corrected chi connectivity index (χ3v) is 4.83. The van der Waals surface area contributed by atoms with Gasteiger partial charge in [-0.3, -0.25) is 9.69 Å². The molecule has 0 aromatic heterocycles. The summed E-state index contributed by atoms with van der Waals surface area (Å²) >= 11 is 15.9. The maximum atomic E-state index is 11.9. The van der Waals surface area contributed by atoms with E-state index in [9.17, 15) is 4.79 Å². The molecule has 0 bridgehead atoms. The minimum absolute atomic E-state index is 0.00777. The molecule has 1 unspecified atom stereocenters. The van der Waals surface area contributed by atoms with Gasteiger partial charge >= 0.3 is 0 Å². The first-order valence-electron chi connectivity index (χ1n) is 4.50. The molecule has 84 valence electrons. The summed E-state index contributed by atoms with van der Waals surface area (Å²) in [6.45, 7) is 1.85. The highest BCUT2D eigenvalue weighted by molar-refractivity contribution is 9.10. The second-order valence-corrected chi connectivity index (χ2v) is 6.53. The number of anilines is 1. The SMILES string of the molecule is CC1SC(=S)N(c2ccc(Br)c(Cl)c2)C1=O. The van der Waals surface area contributed by atoms with Crippen LogP contribution in [0.3, 0.4) is 0 Å². The van der Waals surface area contributed by atoms with Crippen LogP contribution in [0.15, 0.2) is 22.7 Å². The van der Waals surface area contributed by atoms with Crippen molar-refractivity contribution in [3.8, 4) is 0 Å². The normalized spacial score (nSPS) is 20.7. The fraction of sp³-hybridized carbons (Fsp3) is 0.200. The quantitative estimate of drug-likeness (QED) is 0.726. The van der Waals surface area contributed by atoms with Gasteiger partial charge in [-0.1, -0.05) is 35.6 Å². The Balaban J connectivity index is 2.41. The largest absolute Gasteiger partial charge is 0.273 e. The van der Waals surface area contributed by atoms with E-state index in [-0.39, 0.29) is 11.2 Å². The minimum Gasteiger partial charge on any atom is -0.273 e. The molecule has 0 N–H and O–H groups in total. The molecule has 1 aromatic rings. The highest BCUT2D eigenvalue weighted by Crippen LogP contribution is 2.34. The van der Waals surface area contributed by atoms with Crippen molar-refractivity contribution in [2.24, 2.45) is 0 Å². The summed E-state index contributed by atoms with van der Waals surface area (Å²) in [6, 6.07) is 5.36. The second kappa shape index (κ2) is 4.64.